The van der Waals surface area contributed by atoms with Crippen LogP contribution in [0.3, 0.4) is 0 Å². The van der Waals surface area contributed by atoms with Crippen molar-refractivity contribution in [1.29, 1.82) is 0 Å². The van der Waals surface area contributed by atoms with Crippen LogP contribution in [-0.2, 0) is 15.0 Å². The summed E-state index contributed by atoms with van der Waals surface area (Å²) in [7, 11) is -2.43. The van der Waals surface area contributed by atoms with Gasteiger partial charge in [-0.05, 0) is 25.1 Å². The van der Waals surface area contributed by atoms with E-state index in [9.17, 15) is 13.2 Å². The average Bonchev–Trinajstić information content (AvgIpc) is 2.74. The first kappa shape index (κ1) is 15.7. The zero-order chi connectivity index (χ0) is 15.6. The Balaban J connectivity index is 2.15. The SMILES string of the molecule is Cc1nc2ccc(NS(=O)(=O)N(C)CCC(=O)O)cc2s1. The molecule has 0 spiro atoms. The Hall–Kier alpha value is -1.71. The Labute approximate surface area is 126 Å². The molecule has 0 saturated heterocycles. The van der Waals surface area contributed by atoms with Gasteiger partial charge in [0.2, 0.25) is 0 Å². The van der Waals surface area contributed by atoms with Crippen molar-refractivity contribution in [1.82, 2.24) is 9.29 Å². The molecule has 0 unspecified atom stereocenters. The monoisotopic (exact) mass is 329 g/mol. The number of hydrogen-bond donors (Lipinski definition) is 2. The van der Waals surface area contributed by atoms with Crippen molar-refractivity contribution >= 4 is 43.4 Å². The van der Waals surface area contributed by atoms with Gasteiger partial charge in [-0.1, -0.05) is 0 Å². The van der Waals surface area contributed by atoms with E-state index in [0.29, 0.717) is 5.69 Å². The predicted octanol–water partition coefficient (Wildman–Crippen LogP) is 1.67. The predicted molar refractivity (Wildman–Crippen MR) is 81.8 cm³/mol. The fourth-order valence-corrected chi connectivity index (χ4v) is 3.48. The van der Waals surface area contributed by atoms with Crippen LogP contribution in [0.25, 0.3) is 10.2 Å². The summed E-state index contributed by atoms with van der Waals surface area (Å²) in [4.78, 5) is 14.8. The molecule has 0 amide bonds. The van der Waals surface area contributed by atoms with E-state index < -0.39 is 16.2 Å². The van der Waals surface area contributed by atoms with Gasteiger partial charge in [-0.2, -0.15) is 12.7 Å². The summed E-state index contributed by atoms with van der Waals surface area (Å²) >= 11 is 1.48. The standard InChI is InChI=1S/C12H15N3O4S2/c1-8-13-10-4-3-9(7-11(10)20-8)14-21(18,19)15(2)6-5-12(16)17/h3-4,7,14H,5-6H2,1-2H3,(H,16,17). The van der Waals surface area contributed by atoms with E-state index in [1.165, 1.54) is 18.4 Å². The molecule has 9 heteroatoms. The normalized spacial score (nSPS) is 12.0. The Morgan fingerprint density at radius 1 is 1.48 bits per heavy atom. The number of anilines is 1. The molecule has 0 radical (unpaired) electrons. The van der Waals surface area contributed by atoms with Crippen molar-refractivity contribution in [3.05, 3.63) is 23.2 Å². The average molecular weight is 329 g/mol. The number of benzene rings is 1. The fraction of sp³-hybridized carbons (Fsp3) is 0.333. The minimum atomic E-state index is -3.77. The molecule has 0 aliphatic carbocycles. The number of nitrogens with one attached hydrogen (secondary N) is 1. The van der Waals surface area contributed by atoms with Crippen LogP contribution in [0.4, 0.5) is 5.69 Å². The highest BCUT2D eigenvalue weighted by atomic mass is 32.2. The molecule has 0 bridgehead atoms. The molecule has 0 aliphatic rings. The number of hydrogen-bond acceptors (Lipinski definition) is 5. The van der Waals surface area contributed by atoms with Crippen LogP contribution in [0.15, 0.2) is 18.2 Å². The third-order valence-corrected chi connectivity index (χ3v) is 5.22. The molecule has 2 N–H and O–H groups in total. The maximum atomic E-state index is 12.1. The summed E-state index contributed by atoms with van der Waals surface area (Å²) in [5.41, 5.74) is 1.24. The summed E-state index contributed by atoms with van der Waals surface area (Å²) < 4.78 is 28.4. The highest BCUT2D eigenvalue weighted by molar-refractivity contribution is 7.90. The maximum absolute atomic E-state index is 12.1. The van der Waals surface area contributed by atoms with Gasteiger partial charge in [0.1, 0.15) is 0 Å². The van der Waals surface area contributed by atoms with Crippen LogP contribution in [0.2, 0.25) is 0 Å². The van der Waals surface area contributed by atoms with Crippen molar-refractivity contribution < 1.29 is 18.3 Å². The molecule has 7 nitrogen and oxygen atoms in total. The van der Waals surface area contributed by atoms with E-state index in [2.05, 4.69) is 9.71 Å². The molecule has 0 saturated carbocycles. The number of carboxylic acids is 1. The van der Waals surface area contributed by atoms with Crippen molar-refractivity contribution in [2.24, 2.45) is 0 Å². The van der Waals surface area contributed by atoms with Crippen molar-refractivity contribution in [3.63, 3.8) is 0 Å². The molecule has 21 heavy (non-hydrogen) atoms. The van der Waals surface area contributed by atoms with Crippen LogP contribution in [-0.4, -0.2) is 42.4 Å². The molecule has 2 rings (SSSR count). The number of aromatic nitrogens is 1. The van der Waals surface area contributed by atoms with Crippen LogP contribution >= 0.6 is 11.3 Å². The molecule has 0 atom stereocenters. The number of aliphatic carboxylic acids is 1. The van der Waals surface area contributed by atoms with Crippen molar-refractivity contribution in [2.75, 3.05) is 18.3 Å². The molecule has 2 aromatic rings. The van der Waals surface area contributed by atoms with E-state index in [4.69, 9.17) is 5.11 Å². The Bertz CT molecular complexity index is 770. The smallest absolute Gasteiger partial charge is 0.304 e. The number of nitrogens with zero attached hydrogens (tertiary/aromatic N) is 2. The Morgan fingerprint density at radius 3 is 2.86 bits per heavy atom. The third kappa shape index (κ3) is 3.90. The number of carbonyl (C=O) groups is 1. The number of thiazole rings is 1. The highest BCUT2D eigenvalue weighted by Crippen LogP contribution is 2.25. The Kier molecular flexibility index (Phi) is 4.45. The molecule has 0 aliphatic heterocycles. The van der Waals surface area contributed by atoms with Gasteiger partial charge >= 0.3 is 16.2 Å². The lowest BCUT2D eigenvalue weighted by atomic mass is 10.3. The number of rotatable bonds is 6. The fourth-order valence-electron chi connectivity index (χ4n) is 1.70. The van der Waals surface area contributed by atoms with Crippen molar-refractivity contribution in [2.45, 2.75) is 13.3 Å². The van der Waals surface area contributed by atoms with Gasteiger partial charge in [0.25, 0.3) is 0 Å². The lowest BCUT2D eigenvalue weighted by molar-refractivity contribution is -0.137. The van der Waals surface area contributed by atoms with Gasteiger partial charge in [-0.3, -0.25) is 9.52 Å². The lowest BCUT2D eigenvalue weighted by Gasteiger charge is -2.17. The van der Waals surface area contributed by atoms with Gasteiger partial charge in [0.15, 0.2) is 0 Å². The summed E-state index contributed by atoms with van der Waals surface area (Å²) in [5.74, 6) is -1.04. The number of fused-ring (bicyclic) bond motifs is 1. The summed E-state index contributed by atoms with van der Waals surface area (Å²) in [6, 6.07) is 5.08. The van der Waals surface area contributed by atoms with Gasteiger partial charge in [0.05, 0.1) is 27.3 Å². The largest absolute Gasteiger partial charge is 0.481 e. The van der Waals surface area contributed by atoms with Crippen LogP contribution in [0, 0.1) is 6.92 Å². The first-order valence-electron chi connectivity index (χ1n) is 6.11. The zero-order valence-electron chi connectivity index (χ0n) is 11.5. The van der Waals surface area contributed by atoms with Crippen molar-refractivity contribution in [3.8, 4) is 0 Å². The number of carboxylic acid groups (broad SMARTS) is 1. The maximum Gasteiger partial charge on any atom is 0.304 e. The summed E-state index contributed by atoms with van der Waals surface area (Å²) in [6.07, 6.45) is -0.246. The zero-order valence-corrected chi connectivity index (χ0v) is 13.2. The third-order valence-electron chi connectivity index (χ3n) is 2.79. The van der Waals surface area contributed by atoms with E-state index in [0.717, 1.165) is 19.5 Å². The second kappa shape index (κ2) is 5.96. The van der Waals surface area contributed by atoms with Crippen LogP contribution in [0.5, 0.6) is 0 Å². The lowest BCUT2D eigenvalue weighted by Crippen LogP contribution is -2.34. The van der Waals surface area contributed by atoms with E-state index >= 15 is 0 Å². The summed E-state index contributed by atoms with van der Waals surface area (Å²) in [5, 5.41) is 9.50. The quantitative estimate of drug-likeness (QED) is 0.840. The van der Waals surface area contributed by atoms with E-state index in [1.54, 1.807) is 18.2 Å². The second-order valence-corrected chi connectivity index (χ2v) is 7.50. The minimum Gasteiger partial charge on any atom is -0.481 e. The number of aryl methyl sites for hydroxylation is 1. The summed E-state index contributed by atoms with van der Waals surface area (Å²) in [6.45, 7) is 1.79. The van der Waals surface area contributed by atoms with Gasteiger partial charge in [-0.15, -0.1) is 11.3 Å². The molecule has 0 fully saturated rings. The molecule has 1 heterocycles. The van der Waals surface area contributed by atoms with Gasteiger partial charge in [0, 0.05) is 13.6 Å². The molecule has 1 aromatic heterocycles. The topological polar surface area (TPSA) is 99.6 Å². The minimum absolute atomic E-state index is 0.0907. The van der Waals surface area contributed by atoms with Crippen LogP contribution < -0.4 is 4.72 Å². The first-order valence-corrected chi connectivity index (χ1v) is 8.36. The molecular weight excluding hydrogens is 314 g/mol. The first-order chi connectivity index (χ1) is 9.78. The van der Waals surface area contributed by atoms with Gasteiger partial charge in [-0.25, -0.2) is 4.98 Å². The van der Waals surface area contributed by atoms with E-state index in [1.807, 2.05) is 6.92 Å². The highest BCUT2D eigenvalue weighted by Gasteiger charge is 2.18. The second-order valence-electron chi connectivity index (χ2n) is 4.49. The molecule has 114 valence electrons. The van der Waals surface area contributed by atoms with Crippen LogP contribution in [0.1, 0.15) is 11.4 Å². The molecular formula is C12H15N3O4S2. The van der Waals surface area contributed by atoms with E-state index in [-0.39, 0.29) is 13.0 Å². The Morgan fingerprint density at radius 2 is 2.19 bits per heavy atom. The molecule has 1 aromatic carbocycles. The van der Waals surface area contributed by atoms with Gasteiger partial charge < -0.3 is 5.11 Å².